The number of amides is 1. The van der Waals surface area contributed by atoms with Gasteiger partial charge in [-0.1, -0.05) is 35.6 Å². The fourth-order valence-electron chi connectivity index (χ4n) is 2.12. The fraction of sp³-hybridized carbons (Fsp3) is 0.250. The van der Waals surface area contributed by atoms with Crippen molar-refractivity contribution in [3.05, 3.63) is 64.7 Å². The van der Waals surface area contributed by atoms with E-state index in [1.165, 1.54) is 23.9 Å². The molecule has 0 aliphatic carbocycles. The number of nitrogens with one attached hydrogen (secondary N) is 1. The highest BCUT2D eigenvalue weighted by Crippen LogP contribution is 2.29. The lowest BCUT2D eigenvalue weighted by Crippen LogP contribution is -2.25. The van der Waals surface area contributed by atoms with Crippen molar-refractivity contribution in [3.63, 3.8) is 0 Å². The summed E-state index contributed by atoms with van der Waals surface area (Å²) in [7, 11) is 0. The molecule has 26 heavy (non-hydrogen) atoms. The molecule has 0 bridgehead atoms. The topological polar surface area (TPSA) is 29.1 Å². The van der Waals surface area contributed by atoms with Crippen LogP contribution >= 0.6 is 11.8 Å². The summed E-state index contributed by atoms with van der Waals surface area (Å²) >= 11 is 1.44. The first kappa shape index (κ1) is 19.9. The van der Waals surface area contributed by atoms with Crippen molar-refractivity contribution in [3.8, 4) is 11.8 Å². The van der Waals surface area contributed by atoms with E-state index in [2.05, 4.69) is 17.2 Å². The minimum Gasteiger partial charge on any atom is -0.344 e. The van der Waals surface area contributed by atoms with Crippen molar-refractivity contribution < 1.29 is 18.0 Å². The van der Waals surface area contributed by atoms with Crippen LogP contribution < -0.4 is 5.32 Å². The maximum absolute atomic E-state index is 12.6. The molecule has 1 N–H and O–H groups in total. The van der Waals surface area contributed by atoms with Gasteiger partial charge in [-0.05, 0) is 43.7 Å². The van der Waals surface area contributed by atoms with Gasteiger partial charge in [0.2, 0.25) is 5.91 Å². The van der Waals surface area contributed by atoms with Gasteiger partial charge in [-0.3, -0.25) is 4.79 Å². The monoisotopic (exact) mass is 377 g/mol. The molecule has 0 aromatic heterocycles. The number of rotatable bonds is 4. The van der Waals surface area contributed by atoms with Gasteiger partial charge in [-0.2, -0.15) is 13.2 Å². The second-order valence-corrected chi connectivity index (χ2v) is 6.73. The Kier molecular flexibility index (Phi) is 6.76. The van der Waals surface area contributed by atoms with Crippen LogP contribution in [0.15, 0.2) is 47.4 Å². The molecule has 0 aliphatic rings. The van der Waals surface area contributed by atoms with Gasteiger partial charge in [-0.15, -0.1) is 11.8 Å². The number of hydrogen-bond donors (Lipinski definition) is 1. The van der Waals surface area contributed by atoms with E-state index in [-0.39, 0.29) is 23.8 Å². The molecule has 0 saturated heterocycles. The molecular weight excluding hydrogens is 359 g/mol. The van der Waals surface area contributed by atoms with Gasteiger partial charge >= 0.3 is 6.18 Å². The molecule has 136 valence electrons. The summed E-state index contributed by atoms with van der Waals surface area (Å²) in [4.78, 5) is 12.9. The number of alkyl halides is 3. The molecule has 0 aliphatic heterocycles. The molecule has 2 aromatic carbocycles. The summed E-state index contributed by atoms with van der Waals surface area (Å²) in [5, 5.41) is 2.65. The number of halogens is 3. The van der Waals surface area contributed by atoms with Crippen LogP contribution in [0.25, 0.3) is 0 Å². The van der Waals surface area contributed by atoms with Crippen molar-refractivity contribution in [1.29, 1.82) is 0 Å². The van der Waals surface area contributed by atoms with E-state index in [0.29, 0.717) is 0 Å². The molecule has 0 saturated carbocycles. The van der Waals surface area contributed by atoms with Crippen LogP contribution in [0.4, 0.5) is 13.2 Å². The highest BCUT2D eigenvalue weighted by Gasteiger charge is 2.30. The maximum atomic E-state index is 12.6. The Hall–Kier alpha value is -2.39. The lowest BCUT2D eigenvalue weighted by atomic mass is 10.1. The molecule has 6 heteroatoms. The lowest BCUT2D eigenvalue weighted by Gasteiger charge is -2.06. The third-order valence-corrected chi connectivity index (χ3v) is 4.66. The molecule has 2 nitrogen and oxygen atoms in total. The predicted octanol–water partition coefficient (Wildman–Crippen LogP) is 4.58. The Morgan fingerprint density at radius 3 is 2.65 bits per heavy atom. The molecule has 0 radical (unpaired) electrons. The highest BCUT2D eigenvalue weighted by atomic mass is 32.2. The molecular formula is C20H18F3NOS. The van der Waals surface area contributed by atoms with Crippen LogP contribution in [-0.4, -0.2) is 18.2 Å². The zero-order valence-electron chi connectivity index (χ0n) is 14.4. The molecule has 0 spiro atoms. The Balaban J connectivity index is 1.84. The first-order valence-electron chi connectivity index (χ1n) is 7.88. The highest BCUT2D eigenvalue weighted by molar-refractivity contribution is 8.00. The second-order valence-electron chi connectivity index (χ2n) is 5.71. The third kappa shape index (κ3) is 6.16. The van der Waals surface area contributed by atoms with Gasteiger partial charge in [0.05, 0.1) is 17.9 Å². The largest absolute Gasteiger partial charge is 0.416 e. The van der Waals surface area contributed by atoms with Gasteiger partial charge in [0.1, 0.15) is 0 Å². The van der Waals surface area contributed by atoms with Crippen molar-refractivity contribution in [2.24, 2.45) is 0 Å². The predicted molar refractivity (Wildman–Crippen MR) is 98.0 cm³/mol. The Labute approximate surface area is 155 Å². The van der Waals surface area contributed by atoms with E-state index in [4.69, 9.17) is 0 Å². The first-order chi connectivity index (χ1) is 12.3. The van der Waals surface area contributed by atoms with E-state index in [1.807, 2.05) is 32.0 Å². The summed E-state index contributed by atoms with van der Waals surface area (Å²) in [6.45, 7) is 4.07. The van der Waals surface area contributed by atoms with Crippen molar-refractivity contribution >= 4 is 17.7 Å². The Morgan fingerprint density at radius 1 is 1.15 bits per heavy atom. The van der Waals surface area contributed by atoms with Gasteiger partial charge in [-0.25, -0.2) is 0 Å². The Morgan fingerprint density at radius 2 is 1.92 bits per heavy atom. The van der Waals surface area contributed by atoms with E-state index in [1.54, 1.807) is 0 Å². The number of thioether (sulfide) groups is 1. The SMILES string of the molecule is Cc1ccc(C)c(SCC(=O)NCC#Cc2cccc(C(F)(F)F)c2)c1. The summed E-state index contributed by atoms with van der Waals surface area (Å²) in [6.07, 6.45) is -4.39. The van der Waals surface area contributed by atoms with Gasteiger partial charge in [0.25, 0.3) is 0 Å². The lowest BCUT2D eigenvalue weighted by molar-refractivity contribution is -0.137. The molecule has 0 unspecified atom stereocenters. The summed E-state index contributed by atoms with van der Waals surface area (Å²) in [5.74, 6) is 5.39. The minimum absolute atomic E-state index is 0.0858. The average molecular weight is 377 g/mol. The van der Waals surface area contributed by atoms with Gasteiger partial charge in [0.15, 0.2) is 0 Å². The molecule has 0 heterocycles. The smallest absolute Gasteiger partial charge is 0.344 e. The number of aryl methyl sites for hydroxylation is 2. The van der Waals surface area contributed by atoms with E-state index in [0.717, 1.165) is 28.2 Å². The molecule has 2 rings (SSSR count). The van der Waals surface area contributed by atoms with Crippen molar-refractivity contribution in [2.75, 3.05) is 12.3 Å². The van der Waals surface area contributed by atoms with E-state index in [9.17, 15) is 18.0 Å². The molecule has 2 aromatic rings. The number of carbonyl (C=O) groups excluding carboxylic acids is 1. The quantitative estimate of drug-likeness (QED) is 0.624. The number of hydrogen-bond acceptors (Lipinski definition) is 2. The number of carbonyl (C=O) groups is 1. The van der Waals surface area contributed by atoms with Gasteiger partial charge < -0.3 is 5.32 Å². The van der Waals surface area contributed by atoms with Crippen molar-refractivity contribution in [2.45, 2.75) is 24.9 Å². The second kappa shape index (κ2) is 8.81. The van der Waals surface area contributed by atoms with Crippen LogP contribution in [0, 0.1) is 25.7 Å². The van der Waals surface area contributed by atoms with Crippen LogP contribution in [0.5, 0.6) is 0 Å². The van der Waals surface area contributed by atoms with Crippen molar-refractivity contribution in [1.82, 2.24) is 5.32 Å². The minimum atomic E-state index is -4.39. The average Bonchev–Trinajstić information content (AvgIpc) is 2.59. The zero-order chi connectivity index (χ0) is 19.2. The molecule has 0 atom stereocenters. The zero-order valence-corrected chi connectivity index (χ0v) is 15.2. The molecule has 1 amide bonds. The fourth-order valence-corrected chi connectivity index (χ4v) is 3.07. The standard InChI is InChI=1S/C20H18F3NOS/c1-14-8-9-15(2)18(11-14)26-13-19(25)24-10-4-6-16-5-3-7-17(12-16)20(21,22)23/h3,5,7-9,11-12H,10,13H2,1-2H3,(H,24,25). The Bertz CT molecular complexity index is 850. The van der Waals surface area contributed by atoms with Crippen LogP contribution in [0.3, 0.4) is 0 Å². The van der Waals surface area contributed by atoms with Crippen LogP contribution in [-0.2, 0) is 11.0 Å². The first-order valence-corrected chi connectivity index (χ1v) is 8.87. The van der Waals surface area contributed by atoms with E-state index < -0.39 is 11.7 Å². The van der Waals surface area contributed by atoms with Gasteiger partial charge in [0, 0.05) is 10.5 Å². The number of benzene rings is 2. The van der Waals surface area contributed by atoms with Crippen LogP contribution in [0.2, 0.25) is 0 Å². The normalized spacial score (nSPS) is 10.8. The van der Waals surface area contributed by atoms with E-state index >= 15 is 0 Å². The summed E-state index contributed by atoms with van der Waals surface area (Å²) in [6, 6.07) is 10.9. The van der Waals surface area contributed by atoms with Crippen LogP contribution in [0.1, 0.15) is 22.3 Å². The third-order valence-electron chi connectivity index (χ3n) is 3.50. The summed E-state index contributed by atoms with van der Waals surface area (Å²) < 4.78 is 37.9. The summed E-state index contributed by atoms with van der Waals surface area (Å²) in [5.41, 5.74) is 1.76. The maximum Gasteiger partial charge on any atom is 0.416 e. The molecule has 0 fully saturated rings.